The zero-order chi connectivity index (χ0) is 17.5. The smallest absolute Gasteiger partial charge is 0.191 e. The Balaban J connectivity index is 1.39. The number of aromatic nitrogens is 1. The summed E-state index contributed by atoms with van der Waals surface area (Å²) in [7, 11) is 1.82. The number of anilines is 1. The number of guanidine groups is 1. The minimum atomic E-state index is 0.478. The molecule has 1 aliphatic heterocycles. The van der Waals surface area contributed by atoms with Crippen molar-refractivity contribution in [3.8, 4) is 0 Å². The second-order valence-corrected chi connectivity index (χ2v) is 8.02. The maximum absolute atomic E-state index is 4.77. The Morgan fingerprint density at radius 3 is 2.88 bits per heavy atom. The van der Waals surface area contributed by atoms with E-state index in [1.807, 2.05) is 7.05 Å². The maximum atomic E-state index is 4.77. The summed E-state index contributed by atoms with van der Waals surface area (Å²) in [6.45, 7) is 6.27. The van der Waals surface area contributed by atoms with Gasteiger partial charge in [0.05, 0.1) is 5.69 Å². The van der Waals surface area contributed by atoms with E-state index in [2.05, 4.69) is 49.7 Å². The molecular weight excluding hydrogens is 350 g/mol. The number of nitrogens with zero attached hydrogens (tertiary/aromatic N) is 3. The lowest BCUT2D eigenvalue weighted by Crippen LogP contribution is -2.39. The Kier molecular flexibility index (Phi) is 6.69. The van der Waals surface area contributed by atoms with E-state index in [4.69, 9.17) is 4.98 Å². The van der Waals surface area contributed by atoms with Crippen LogP contribution in [-0.4, -0.2) is 44.2 Å². The largest absolute Gasteiger partial charge is 0.356 e. The van der Waals surface area contributed by atoms with Gasteiger partial charge in [-0.3, -0.25) is 4.99 Å². The quantitative estimate of drug-likeness (QED) is 0.574. The Morgan fingerprint density at radius 1 is 1.32 bits per heavy atom. The molecule has 0 bridgehead atoms. The number of rotatable bonds is 7. The number of hydrogen-bond donors (Lipinski definition) is 2. The first-order valence-electron chi connectivity index (χ1n) is 8.92. The summed E-state index contributed by atoms with van der Waals surface area (Å²) in [6, 6.07) is 2.19. The first kappa shape index (κ1) is 18.2. The van der Waals surface area contributed by atoms with Crippen LogP contribution in [-0.2, 0) is 6.42 Å². The van der Waals surface area contributed by atoms with Crippen LogP contribution in [0.3, 0.4) is 0 Å². The third-order valence-electron chi connectivity index (χ3n) is 4.50. The van der Waals surface area contributed by atoms with Crippen LogP contribution < -0.4 is 15.5 Å². The van der Waals surface area contributed by atoms with Gasteiger partial charge in [0, 0.05) is 45.0 Å². The van der Waals surface area contributed by atoms with Gasteiger partial charge in [0.25, 0.3) is 0 Å². The highest BCUT2D eigenvalue weighted by molar-refractivity contribution is 7.13. The minimum Gasteiger partial charge on any atom is -0.356 e. The zero-order valence-electron chi connectivity index (χ0n) is 15.0. The van der Waals surface area contributed by atoms with Crippen molar-refractivity contribution in [1.29, 1.82) is 0 Å². The second kappa shape index (κ2) is 9.20. The highest BCUT2D eigenvalue weighted by Gasteiger charge is 2.15. The molecule has 0 radical (unpaired) electrons. The van der Waals surface area contributed by atoms with Crippen LogP contribution >= 0.6 is 22.7 Å². The standard InChI is InChI=1S/C18H27N5S2/c1-14(15-6-10-24-12-15)11-21-17(19-2)20-7-5-16-13-25-18(22-16)23-8-3-4-9-23/h6,10,12-14H,3-5,7-9,11H2,1-2H3,(H2,19,20,21). The number of thiazole rings is 1. The molecule has 1 aliphatic rings. The number of nitrogens with one attached hydrogen (secondary N) is 2. The van der Waals surface area contributed by atoms with Crippen molar-refractivity contribution >= 4 is 33.8 Å². The highest BCUT2D eigenvalue weighted by atomic mass is 32.1. The van der Waals surface area contributed by atoms with Crippen molar-refractivity contribution in [2.75, 3.05) is 38.1 Å². The fraction of sp³-hybridized carbons (Fsp3) is 0.556. The molecule has 3 heterocycles. The summed E-state index contributed by atoms with van der Waals surface area (Å²) in [4.78, 5) is 11.5. The molecule has 0 aliphatic carbocycles. The van der Waals surface area contributed by atoms with Crippen LogP contribution in [0.15, 0.2) is 27.2 Å². The van der Waals surface area contributed by atoms with E-state index in [1.165, 1.54) is 29.2 Å². The van der Waals surface area contributed by atoms with Crippen LogP contribution in [0.4, 0.5) is 5.13 Å². The van der Waals surface area contributed by atoms with Crippen LogP contribution in [0.25, 0.3) is 0 Å². The van der Waals surface area contributed by atoms with Crippen molar-refractivity contribution in [1.82, 2.24) is 15.6 Å². The summed E-state index contributed by atoms with van der Waals surface area (Å²) in [5.74, 6) is 1.34. The molecule has 5 nitrogen and oxygen atoms in total. The molecule has 3 rings (SSSR count). The summed E-state index contributed by atoms with van der Waals surface area (Å²) in [5, 5.41) is 14.5. The molecule has 2 aromatic heterocycles. The molecule has 2 N–H and O–H groups in total. The van der Waals surface area contributed by atoms with E-state index in [9.17, 15) is 0 Å². The van der Waals surface area contributed by atoms with Crippen LogP contribution in [0, 0.1) is 0 Å². The monoisotopic (exact) mass is 377 g/mol. The van der Waals surface area contributed by atoms with Crippen LogP contribution in [0.5, 0.6) is 0 Å². The highest BCUT2D eigenvalue weighted by Crippen LogP contribution is 2.24. The third kappa shape index (κ3) is 5.19. The van der Waals surface area contributed by atoms with E-state index in [1.54, 1.807) is 22.7 Å². The Hall–Kier alpha value is -1.60. The molecule has 0 aromatic carbocycles. The van der Waals surface area contributed by atoms with Crippen LogP contribution in [0.1, 0.15) is 36.9 Å². The number of thiophene rings is 1. The third-order valence-corrected chi connectivity index (χ3v) is 6.15. The number of aliphatic imine (C=N–C) groups is 1. The lowest BCUT2D eigenvalue weighted by Gasteiger charge is -2.15. The van der Waals surface area contributed by atoms with Gasteiger partial charge in [-0.05, 0) is 41.1 Å². The molecule has 1 saturated heterocycles. The lowest BCUT2D eigenvalue weighted by atomic mass is 10.1. The molecular formula is C18H27N5S2. The van der Waals surface area contributed by atoms with Crippen molar-refractivity contribution in [3.05, 3.63) is 33.5 Å². The summed E-state index contributed by atoms with van der Waals surface area (Å²) < 4.78 is 0. The first-order valence-corrected chi connectivity index (χ1v) is 10.7. The average molecular weight is 378 g/mol. The Bertz CT molecular complexity index is 659. The molecule has 136 valence electrons. The van der Waals surface area contributed by atoms with Gasteiger partial charge < -0.3 is 15.5 Å². The van der Waals surface area contributed by atoms with Crippen molar-refractivity contribution in [2.45, 2.75) is 32.1 Å². The summed E-state index contributed by atoms with van der Waals surface area (Å²) in [6.07, 6.45) is 3.51. The van der Waals surface area contributed by atoms with Gasteiger partial charge in [0.1, 0.15) is 0 Å². The van der Waals surface area contributed by atoms with E-state index < -0.39 is 0 Å². The van der Waals surface area contributed by atoms with Crippen molar-refractivity contribution in [2.24, 2.45) is 4.99 Å². The minimum absolute atomic E-state index is 0.478. The summed E-state index contributed by atoms with van der Waals surface area (Å²) >= 11 is 3.51. The normalized spacial score (nSPS) is 16.2. The SMILES string of the molecule is CN=C(NCCc1csc(N2CCCC2)n1)NCC(C)c1ccsc1. The fourth-order valence-electron chi connectivity index (χ4n) is 2.92. The second-order valence-electron chi connectivity index (χ2n) is 6.40. The molecule has 1 atom stereocenters. The van der Waals surface area contributed by atoms with E-state index in [-0.39, 0.29) is 0 Å². The van der Waals surface area contributed by atoms with Gasteiger partial charge in [-0.1, -0.05) is 6.92 Å². The van der Waals surface area contributed by atoms with E-state index in [0.717, 1.165) is 38.6 Å². The van der Waals surface area contributed by atoms with Crippen molar-refractivity contribution in [3.63, 3.8) is 0 Å². The van der Waals surface area contributed by atoms with E-state index >= 15 is 0 Å². The van der Waals surface area contributed by atoms with Crippen LogP contribution in [0.2, 0.25) is 0 Å². The van der Waals surface area contributed by atoms with Gasteiger partial charge in [-0.25, -0.2) is 4.98 Å². The van der Waals surface area contributed by atoms with Gasteiger partial charge >= 0.3 is 0 Å². The topological polar surface area (TPSA) is 52.6 Å². The molecule has 1 unspecified atom stereocenters. The fourth-order valence-corrected chi connectivity index (χ4v) is 4.61. The molecule has 0 spiro atoms. The van der Waals surface area contributed by atoms with E-state index in [0.29, 0.717) is 5.92 Å². The molecule has 1 fully saturated rings. The van der Waals surface area contributed by atoms with Crippen molar-refractivity contribution < 1.29 is 0 Å². The number of hydrogen-bond acceptors (Lipinski definition) is 5. The Labute approximate surface area is 158 Å². The molecule has 25 heavy (non-hydrogen) atoms. The molecule has 2 aromatic rings. The maximum Gasteiger partial charge on any atom is 0.191 e. The average Bonchev–Trinajstić information content (AvgIpc) is 3.39. The molecule has 0 amide bonds. The predicted octanol–water partition coefficient (Wildman–Crippen LogP) is 3.32. The van der Waals surface area contributed by atoms with Gasteiger partial charge in [0.2, 0.25) is 0 Å². The lowest BCUT2D eigenvalue weighted by molar-refractivity contribution is 0.698. The Morgan fingerprint density at radius 2 is 2.16 bits per heavy atom. The molecule has 7 heteroatoms. The zero-order valence-corrected chi connectivity index (χ0v) is 16.6. The predicted molar refractivity (Wildman–Crippen MR) is 109 cm³/mol. The van der Waals surface area contributed by atoms with Gasteiger partial charge in [0.15, 0.2) is 11.1 Å². The summed E-state index contributed by atoms with van der Waals surface area (Å²) in [5.41, 5.74) is 2.55. The first-order chi connectivity index (χ1) is 12.3. The van der Waals surface area contributed by atoms with Gasteiger partial charge in [-0.2, -0.15) is 11.3 Å². The molecule has 0 saturated carbocycles. The van der Waals surface area contributed by atoms with Gasteiger partial charge in [-0.15, -0.1) is 11.3 Å².